The molecule has 1 aromatic carbocycles. The fourth-order valence-electron chi connectivity index (χ4n) is 2.71. The molecule has 4 aromatic rings. The lowest BCUT2D eigenvalue weighted by atomic mass is 10.2. The number of rotatable bonds is 4. The van der Waals surface area contributed by atoms with E-state index < -0.39 is 0 Å². The molecule has 0 fully saturated rings. The lowest BCUT2D eigenvalue weighted by Crippen LogP contribution is -1.95. The summed E-state index contributed by atoms with van der Waals surface area (Å²) in [4.78, 5) is 11.6. The van der Waals surface area contributed by atoms with Gasteiger partial charge in [-0.2, -0.15) is 0 Å². The van der Waals surface area contributed by atoms with Crippen molar-refractivity contribution in [1.82, 2.24) is 20.2 Å². The smallest absolute Gasteiger partial charge is 0.247 e. The lowest BCUT2D eigenvalue weighted by molar-refractivity contribution is 0.509. The topological polar surface area (TPSA) is 64.7 Å². The molecule has 7 heteroatoms. The van der Waals surface area contributed by atoms with E-state index in [1.807, 2.05) is 37.3 Å². The van der Waals surface area contributed by atoms with Crippen LogP contribution in [0.2, 0.25) is 0 Å². The van der Waals surface area contributed by atoms with Gasteiger partial charge >= 0.3 is 0 Å². The van der Waals surface area contributed by atoms with Crippen LogP contribution in [0.15, 0.2) is 39.8 Å². The summed E-state index contributed by atoms with van der Waals surface area (Å²) in [5.74, 6) is 1.92. The number of thiophene rings is 1. The Morgan fingerprint density at radius 2 is 1.81 bits per heavy atom. The second kappa shape index (κ2) is 6.81. The molecule has 26 heavy (non-hydrogen) atoms. The minimum atomic E-state index is -0.00271. The number of aryl methyl sites for hydroxylation is 3. The standard InChI is InChI=1S/C19H18N4OS2/c1-10-11(2)25-18-15(10)19(21-13(4)20-18)26-12(3)16-22-23-17(24-16)14-8-6-5-7-9-14/h5-9,12H,1-4H3/t12-/m0/s1. The Balaban J connectivity index is 1.66. The quantitative estimate of drug-likeness (QED) is 0.342. The molecule has 0 unspecified atom stereocenters. The number of hydrogen-bond donors (Lipinski definition) is 0. The number of thioether (sulfide) groups is 1. The minimum absolute atomic E-state index is 0.00271. The van der Waals surface area contributed by atoms with Crippen LogP contribution >= 0.6 is 23.1 Å². The van der Waals surface area contributed by atoms with Crippen LogP contribution in [0.25, 0.3) is 21.7 Å². The van der Waals surface area contributed by atoms with Gasteiger partial charge in [-0.15, -0.1) is 21.5 Å². The zero-order valence-corrected chi connectivity index (χ0v) is 16.6. The Morgan fingerprint density at radius 1 is 1.04 bits per heavy atom. The van der Waals surface area contributed by atoms with Crippen LogP contribution in [0, 0.1) is 20.8 Å². The molecule has 0 saturated heterocycles. The molecule has 0 bridgehead atoms. The van der Waals surface area contributed by atoms with Crippen LogP contribution in [-0.2, 0) is 0 Å². The first-order chi connectivity index (χ1) is 12.5. The first-order valence-electron chi connectivity index (χ1n) is 8.32. The maximum absolute atomic E-state index is 5.90. The summed E-state index contributed by atoms with van der Waals surface area (Å²) in [7, 11) is 0. The molecule has 4 rings (SSSR count). The van der Waals surface area contributed by atoms with Crippen molar-refractivity contribution in [3.05, 3.63) is 52.5 Å². The van der Waals surface area contributed by atoms with Gasteiger partial charge in [0.25, 0.3) is 0 Å². The number of benzene rings is 1. The second-order valence-electron chi connectivity index (χ2n) is 6.11. The van der Waals surface area contributed by atoms with Gasteiger partial charge in [-0.3, -0.25) is 0 Å². The Morgan fingerprint density at radius 3 is 2.58 bits per heavy atom. The highest BCUT2D eigenvalue weighted by Gasteiger charge is 2.20. The van der Waals surface area contributed by atoms with Crippen molar-refractivity contribution in [2.24, 2.45) is 0 Å². The van der Waals surface area contributed by atoms with Gasteiger partial charge < -0.3 is 4.42 Å². The highest BCUT2D eigenvalue weighted by Crippen LogP contribution is 2.41. The summed E-state index contributed by atoms with van der Waals surface area (Å²) in [6.07, 6.45) is 0. The average Bonchev–Trinajstić information content (AvgIpc) is 3.21. The predicted molar refractivity (Wildman–Crippen MR) is 106 cm³/mol. The summed E-state index contributed by atoms with van der Waals surface area (Å²) in [5, 5.41) is 10.5. The summed E-state index contributed by atoms with van der Waals surface area (Å²) in [5.41, 5.74) is 2.17. The largest absolute Gasteiger partial charge is 0.419 e. The van der Waals surface area contributed by atoms with Crippen LogP contribution in [0.1, 0.15) is 34.3 Å². The van der Waals surface area contributed by atoms with Gasteiger partial charge in [0.2, 0.25) is 11.8 Å². The van der Waals surface area contributed by atoms with E-state index in [-0.39, 0.29) is 5.25 Å². The monoisotopic (exact) mass is 382 g/mol. The molecule has 3 aromatic heterocycles. The molecule has 0 N–H and O–H groups in total. The molecule has 0 aliphatic rings. The summed E-state index contributed by atoms with van der Waals surface area (Å²) in [6, 6.07) is 9.81. The van der Waals surface area contributed by atoms with Gasteiger partial charge in [0.15, 0.2) is 0 Å². The van der Waals surface area contributed by atoms with Crippen molar-refractivity contribution in [2.45, 2.75) is 38.0 Å². The van der Waals surface area contributed by atoms with E-state index in [0.29, 0.717) is 11.8 Å². The Bertz CT molecular complexity index is 1070. The van der Waals surface area contributed by atoms with E-state index in [4.69, 9.17) is 4.42 Å². The third-order valence-corrected chi connectivity index (χ3v) is 6.38. The van der Waals surface area contributed by atoms with E-state index in [1.165, 1.54) is 10.4 Å². The molecule has 0 aliphatic heterocycles. The summed E-state index contributed by atoms with van der Waals surface area (Å²) in [6.45, 7) is 8.24. The number of nitrogens with zero attached hydrogens (tertiary/aromatic N) is 4. The molecule has 0 radical (unpaired) electrons. The number of hydrogen-bond acceptors (Lipinski definition) is 7. The molecule has 132 valence electrons. The van der Waals surface area contributed by atoms with Gasteiger partial charge in [-0.05, 0) is 45.4 Å². The second-order valence-corrected chi connectivity index (χ2v) is 8.64. The molecule has 0 amide bonds. The lowest BCUT2D eigenvalue weighted by Gasteiger charge is -2.08. The zero-order valence-electron chi connectivity index (χ0n) is 15.0. The van der Waals surface area contributed by atoms with Crippen LogP contribution in [0.5, 0.6) is 0 Å². The van der Waals surface area contributed by atoms with Crippen LogP contribution in [0.3, 0.4) is 0 Å². The molecule has 5 nitrogen and oxygen atoms in total. The Labute approximate surface area is 159 Å². The average molecular weight is 383 g/mol. The van der Waals surface area contributed by atoms with Crippen molar-refractivity contribution in [1.29, 1.82) is 0 Å². The van der Waals surface area contributed by atoms with Crippen LogP contribution < -0.4 is 0 Å². The SMILES string of the molecule is Cc1nc(S[C@@H](C)c2nnc(-c3ccccc3)o2)c2c(C)c(C)sc2n1. The molecular formula is C19H18N4OS2. The third-order valence-electron chi connectivity index (χ3n) is 4.20. The maximum Gasteiger partial charge on any atom is 0.247 e. The first-order valence-corrected chi connectivity index (χ1v) is 10.0. The Kier molecular flexibility index (Phi) is 4.50. The molecule has 3 heterocycles. The van der Waals surface area contributed by atoms with E-state index in [1.54, 1.807) is 23.1 Å². The normalized spacial score (nSPS) is 12.6. The van der Waals surface area contributed by atoms with E-state index >= 15 is 0 Å². The van der Waals surface area contributed by atoms with Gasteiger partial charge in [-0.1, -0.05) is 30.0 Å². The summed E-state index contributed by atoms with van der Waals surface area (Å²) >= 11 is 3.35. The van der Waals surface area contributed by atoms with Gasteiger partial charge in [0, 0.05) is 15.8 Å². The van der Waals surface area contributed by atoms with E-state index in [9.17, 15) is 0 Å². The Hall–Kier alpha value is -2.25. The zero-order chi connectivity index (χ0) is 18.3. The van der Waals surface area contributed by atoms with Crippen molar-refractivity contribution in [3.8, 4) is 11.5 Å². The minimum Gasteiger partial charge on any atom is -0.419 e. The highest BCUT2D eigenvalue weighted by atomic mass is 32.2. The van der Waals surface area contributed by atoms with Crippen molar-refractivity contribution in [2.75, 3.05) is 0 Å². The molecule has 1 atom stereocenters. The fourth-order valence-corrected chi connectivity index (χ4v) is 4.94. The van der Waals surface area contributed by atoms with Crippen molar-refractivity contribution < 1.29 is 4.42 Å². The first kappa shape index (κ1) is 17.2. The van der Waals surface area contributed by atoms with Gasteiger partial charge in [0.1, 0.15) is 15.7 Å². The fraction of sp³-hybridized carbons (Fsp3) is 0.263. The molecule has 0 saturated carbocycles. The van der Waals surface area contributed by atoms with E-state index in [2.05, 4.69) is 40.9 Å². The van der Waals surface area contributed by atoms with Crippen LogP contribution in [-0.4, -0.2) is 20.2 Å². The van der Waals surface area contributed by atoms with E-state index in [0.717, 1.165) is 26.6 Å². The molecular weight excluding hydrogens is 364 g/mol. The molecule has 0 aliphatic carbocycles. The predicted octanol–water partition coefficient (Wildman–Crippen LogP) is 5.52. The highest BCUT2D eigenvalue weighted by molar-refractivity contribution is 7.99. The van der Waals surface area contributed by atoms with Crippen molar-refractivity contribution in [3.63, 3.8) is 0 Å². The van der Waals surface area contributed by atoms with Gasteiger partial charge in [-0.25, -0.2) is 9.97 Å². The third kappa shape index (κ3) is 3.12. The van der Waals surface area contributed by atoms with Crippen molar-refractivity contribution >= 4 is 33.3 Å². The summed E-state index contributed by atoms with van der Waals surface area (Å²) < 4.78 is 5.90. The number of fused-ring (bicyclic) bond motifs is 1. The number of aromatic nitrogens is 4. The molecule has 0 spiro atoms. The van der Waals surface area contributed by atoms with Gasteiger partial charge in [0.05, 0.1) is 5.25 Å². The maximum atomic E-state index is 5.90. The van der Waals surface area contributed by atoms with Crippen LogP contribution in [0.4, 0.5) is 0 Å².